The van der Waals surface area contributed by atoms with Crippen molar-refractivity contribution in [3.8, 4) is 0 Å². The highest BCUT2D eigenvalue weighted by Gasteiger charge is 2.34. The Bertz CT molecular complexity index is 336. The summed E-state index contributed by atoms with van der Waals surface area (Å²) in [6, 6.07) is 12.4. The van der Waals surface area contributed by atoms with E-state index in [1.807, 2.05) is 0 Å². The molecular formula is C15H26N2+2. The van der Waals surface area contributed by atoms with Crippen molar-refractivity contribution in [2.45, 2.75) is 38.9 Å². The van der Waals surface area contributed by atoms with Crippen molar-refractivity contribution in [3.63, 3.8) is 0 Å². The summed E-state index contributed by atoms with van der Waals surface area (Å²) in [5.41, 5.74) is 1.44. The second-order valence-corrected chi connectivity index (χ2v) is 5.75. The van der Waals surface area contributed by atoms with E-state index in [-0.39, 0.29) is 0 Å². The summed E-state index contributed by atoms with van der Waals surface area (Å²) in [5.74, 6) is 0.829. The summed E-state index contributed by atoms with van der Waals surface area (Å²) < 4.78 is 0. The standard InChI is InChI=1S/C15H24N2/c1-12-11-17(3)13(2)9-15(12)16-10-14-7-5-4-6-8-14/h4-8,12-13,15-16H,9-11H2,1-3H3/p+2/t12-,13-,15-/m1/s1. The van der Waals surface area contributed by atoms with Gasteiger partial charge in [-0.1, -0.05) is 37.3 Å². The van der Waals surface area contributed by atoms with Crippen LogP contribution in [0, 0.1) is 5.92 Å². The maximum atomic E-state index is 2.54. The Balaban J connectivity index is 1.87. The van der Waals surface area contributed by atoms with Crippen molar-refractivity contribution in [3.05, 3.63) is 35.9 Å². The number of nitrogens with two attached hydrogens (primary N) is 1. The minimum Gasteiger partial charge on any atom is -0.339 e. The molecule has 0 aromatic heterocycles. The first-order chi connectivity index (χ1) is 8.16. The van der Waals surface area contributed by atoms with Gasteiger partial charge in [-0.25, -0.2) is 0 Å². The third-order valence-electron chi connectivity index (χ3n) is 4.34. The fourth-order valence-electron chi connectivity index (χ4n) is 2.93. The molecule has 1 unspecified atom stereocenters. The predicted octanol–water partition coefficient (Wildman–Crippen LogP) is 0.0616. The van der Waals surface area contributed by atoms with E-state index in [4.69, 9.17) is 0 Å². The van der Waals surface area contributed by atoms with Gasteiger partial charge in [0.05, 0.1) is 38.0 Å². The molecule has 2 rings (SSSR count). The zero-order valence-electron chi connectivity index (χ0n) is 11.3. The largest absolute Gasteiger partial charge is 0.339 e. The quantitative estimate of drug-likeness (QED) is 0.738. The van der Waals surface area contributed by atoms with E-state index in [2.05, 4.69) is 56.5 Å². The zero-order valence-corrected chi connectivity index (χ0v) is 11.3. The van der Waals surface area contributed by atoms with Gasteiger partial charge < -0.3 is 10.2 Å². The number of likely N-dealkylation sites (tertiary alicyclic amines) is 1. The fraction of sp³-hybridized carbons (Fsp3) is 0.600. The highest BCUT2D eigenvalue weighted by molar-refractivity contribution is 5.13. The summed E-state index contributed by atoms with van der Waals surface area (Å²) in [6.07, 6.45) is 1.35. The molecule has 0 spiro atoms. The molecule has 1 aliphatic heterocycles. The Labute approximate surface area is 105 Å². The Morgan fingerprint density at radius 1 is 1.24 bits per heavy atom. The van der Waals surface area contributed by atoms with E-state index in [9.17, 15) is 0 Å². The second-order valence-electron chi connectivity index (χ2n) is 5.75. The maximum absolute atomic E-state index is 2.54. The monoisotopic (exact) mass is 234 g/mol. The lowest BCUT2D eigenvalue weighted by Gasteiger charge is -2.35. The van der Waals surface area contributed by atoms with Gasteiger partial charge >= 0.3 is 0 Å². The third kappa shape index (κ3) is 3.30. The van der Waals surface area contributed by atoms with Crippen LogP contribution >= 0.6 is 0 Å². The lowest BCUT2D eigenvalue weighted by molar-refractivity contribution is -0.923. The van der Waals surface area contributed by atoms with Crippen molar-refractivity contribution in [2.24, 2.45) is 5.92 Å². The number of rotatable bonds is 3. The van der Waals surface area contributed by atoms with Crippen LogP contribution in [-0.2, 0) is 6.54 Å². The molecule has 17 heavy (non-hydrogen) atoms. The van der Waals surface area contributed by atoms with Crippen LogP contribution in [-0.4, -0.2) is 25.7 Å². The van der Waals surface area contributed by atoms with Crippen molar-refractivity contribution < 1.29 is 10.2 Å². The fourth-order valence-corrected chi connectivity index (χ4v) is 2.93. The lowest BCUT2D eigenvalue weighted by Crippen LogP contribution is -3.16. The molecule has 0 amide bonds. The summed E-state index contributed by atoms with van der Waals surface area (Å²) in [5, 5.41) is 2.54. The average Bonchev–Trinajstić information content (AvgIpc) is 2.33. The SMILES string of the molecule is C[C@@H]1C[NH+](C)[C@H](C)C[C@H]1[NH2+]Cc1ccccc1. The third-order valence-corrected chi connectivity index (χ3v) is 4.34. The average molecular weight is 234 g/mol. The van der Waals surface area contributed by atoms with Gasteiger partial charge in [-0.2, -0.15) is 0 Å². The summed E-state index contributed by atoms with van der Waals surface area (Å²) in [7, 11) is 2.33. The molecule has 2 heteroatoms. The molecule has 0 bridgehead atoms. The van der Waals surface area contributed by atoms with E-state index in [1.165, 1.54) is 18.5 Å². The topological polar surface area (TPSA) is 21.1 Å². The van der Waals surface area contributed by atoms with Gasteiger partial charge in [0.1, 0.15) is 6.54 Å². The molecule has 0 saturated carbocycles. The number of hydrogen-bond donors (Lipinski definition) is 2. The summed E-state index contributed by atoms with van der Waals surface area (Å²) in [6.45, 7) is 7.23. The molecular weight excluding hydrogens is 208 g/mol. The molecule has 1 aliphatic rings. The molecule has 3 N–H and O–H groups in total. The number of benzene rings is 1. The first kappa shape index (κ1) is 12.6. The van der Waals surface area contributed by atoms with Crippen LogP contribution in [0.25, 0.3) is 0 Å². The van der Waals surface area contributed by atoms with Crippen molar-refractivity contribution >= 4 is 0 Å². The van der Waals surface area contributed by atoms with Gasteiger partial charge in [0.25, 0.3) is 0 Å². The van der Waals surface area contributed by atoms with Crippen LogP contribution in [0.2, 0.25) is 0 Å². The van der Waals surface area contributed by atoms with Gasteiger partial charge in [0, 0.05) is 5.56 Å². The molecule has 4 atom stereocenters. The first-order valence-corrected chi connectivity index (χ1v) is 6.86. The Hall–Kier alpha value is -0.860. The van der Waals surface area contributed by atoms with E-state index in [1.54, 1.807) is 4.90 Å². The molecule has 1 fully saturated rings. The van der Waals surface area contributed by atoms with Crippen LogP contribution in [0.4, 0.5) is 0 Å². The van der Waals surface area contributed by atoms with Crippen LogP contribution in [0.1, 0.15) is 25.8 Å². The number of hydrogen-bond acceptors (Lipinski definition) is 0. The Morgan fingerprint density at radius 3 is 2.65 bits per heavy atom. The van der Waals surface area contributed by atoms with E-state index < -0.39 is 0 Å². The van der Waals surface area contributed by atoms with Crippen LogP contribution in [0.5, 0.6) is 0 Å². The summed E-state index contributed by atoms with van der Waals surface area (Å²) >= 11 is 0. The molecule has 0 aliphatic carbocycles. The molecule has 94 valence electrons. The van der Waals surface area contributed by atoms with Gasteiger partial charge in [-0.15, -0.1) is 0 Å². The highest BCUT2D eigenvalue weighted by Crippen LogP contribution is 2.08. The molecule has 1 saturated heterocycles. The predicted molar refractivity (Wildman–Crippen MR) is 70.9 cm³/mol. The molecule has 1 aromatic rings. The Morgan fingerprint density at radius 2 is 1.94 bits per heavy atom. The van der Waals surface area contributed by atoms with Gasteiger partial charge in [0.15, 0.2) is 0 Å². The van der Waals surface area contributed by atoms with Crippen molar-refractivity contribution in [1.29, 1.82) is 0 Å². The lowest BCUT2D eigenvalue weighted by atomic mass is 9.90. The smallest absolute Gasteiger partial charge is 0.101 e. The minimum atomic E-state index is 0.800. The minimum absolute atomic E-state index is 0.800. The van der Waals surface area contributed by atoms with E-state index in [0.29, 0.717) is 0 Å². The van der Waals surface area contributed by atoms with Crippen molar-refractivity contribution in [2.75, 3.05) is 13.6 Å². The second kappa shape index (κ2) is 5.65. The first-order valence-electron chi connectivity index (χ1n) is 6.86. The molecule has 0 radical (unpaired) electrons. The normalized spacial score (nSPS) is 33.6. The Kier molecular flexibility index (Phi) is 4.19. The van der Waals surface area contributed by atoms with Crippen LogP contribution < -0.4 is 10.2 Å². The highest BCUT2D eigenvalue weighted by atomic mass is 15.2. The number of quaternary nitrogens is 2. The molecule has 2 nitrogen and oxygen atoms in total. The van der Waals surface area contributed by atoms with E-state index >= 15 is 0 Å². The molecule has 1 heterocycles. The maximum Gasteiger partial charge on any atom is 0.101 e. The van der Waals surface area contributed by atoms with Crippen molar-refractivity contribution in [1.82, 2.24) is 0 Å². The summed E-state index contributed by atoms with van der Waals surface area (Å²) in [4.78, 5) is 1.70. The van der Waals surface area contributed by atoms with Crippen LogP contribution in [0.15, 0.2) is 30.3 Å². The van der Waals surface area contributed by atoms with Gasteiger partial charge in [-0.3, -0.25) is 0 Å². The number of nitrogens with one attached hydrogen (secondary N) is 1. The van der Waals surface area contributed by atoms with Gasteiger partial charge in [0.2, 0.25) is 0 Å². The van der Waals surface area contributed by atoms with E-state index in [0.717, 1.165) is 24.5 Å². The van der Waals surface area contributed by atoms with Crippen LogP contribution in [0.3, 0.4) is 0 Å². The molecule has 1 aromatic carbocycles. The van der Waals surface area contributed by atoms with Gasteiger partial charge in [-0.05, 0) is 6.92 Å². The zero-order chi connectivity index (χ0) is 12.3. The number of piperidine rings is 1.